The van der Waals surface area contributed by atoms with Gasteiger partial charge in [0.15, 0.2) is 0 Å². The number of hydrogen-bond acceptors (Lipinski definition) is 6. The molecule has 0 aliphatic carbocycles. The number of thioether (sulfide) groups is 1. The summed E-state index contributed by atoms with van der Waals surface area (Å²) in [7, 11) is 0. The molecule has 9 heteroatoms. The summed E-state index contributed by atoms with van der Waals surface area (Å²) in [6.45, 7) is 8.69. The van der Waals surface area contributed by atoms with E-state index in [1.54, 1.807) is 52.0 Å². The van der Waals surface area contributed by atoms with E-state index >= 15 is 0 Å². The van der Waals surface area contributed by atoms with E-state index in [4.69, 9.17) is 11.2 Å². The van der Waals surface area contributed by atoms with Gasteiger partial charge in [-0.2, -0.15) is 11.8 Å². The SMILES string of the molecule is C#CN(C(=O)C(CCSC)NC(=O)OC(C)(C)C)C(C(=O)Nc1ccccc1C)c1ccc(O)c(C)c1. The molecule has 0 saturated carbocycles. The number of ether oxygens (including phenoxy) is 1. The van der Waals surface area contributed by atoms with Crippen LogP contribution >= 0.6 is 11.8 Å². The number of anilines is 1. The topological polar surface area (TPSA) is 108 Å². The number of carbonyl (C=O) groups excluding carboxylic acids is 3. The number of alkyl carbamates (subject to hydrolysis) is 1. The third-order valence-electron chi connectivity index (χ3n) is 5.42. The number of phenols is 1. The van der Waals surface area contributed by atoms with E-state index < -0.39 is 35.6 Å². The van der Waals surface area contributed by atoms with Gasteiger partial charge < -0.3 is 20.5 Å². The number of benzene rings is 2. The minimum absolute atomic E-state index is 0.0461. The zero-order valence-electron chi connectivity index (χ0n) is 22.1. The molecule has 2 aromatic rings. The Bertz CT molecular complexity index is 1170. The minimum Gasteiger partial charge on any atom is -0.508 e. The van der Waals surface area contributed by atoms with Crippen LogP contribution in [-0.4, -0.2) is 51.6 Å². The third kappa shape index (κ3) is 8.46. The van der Waals surface area contributed by atoms with Crippen molar-refractivity contribution in [2.24, 2.45) is 0 Å². The maximum Gasteiger partial charge on any atom is 0.408 e. The summed E-state index contributed by atoms with van der Waals surface area (Å²) >= 11 is 1.50. The van der Waals surface area contributed by atoms with Crippen molar-refractivity contribution < 1.29 is 24.2 Å². The second-order valence-corrected chi connectivity index (χ2v) is 10.6. The van der Waals surface area contributed by atoms with E-state index in [-0.39, 0.29) is 12.2 Å². The maximum absolute atomic E-state index is 13.7. The molecule has 0 heterocycles. The van der Waals surface area contributed by atoms with Crippen molar-refractivity contribution in [3.63, 3.8) is 0 Å². The molecule has 8 nitrogen and oxygen atoms in total. The van der Waals surface area contributed by atoms with Gasteiger partial charge >= 0.3 is 6.09 Å². The number of rotatable bonds is 9. The van der Waals surface area contributed by atoms with Crippen molar-refractivity contribution in [1.29, 1.82) is 0 Å². The number of nitrogens with zero attached hydrogens (tertiary/aromatic N) is 1. The van der Waals surface area contributed by atoms with Crippen LogP contribution in [0.2, 0.25) is 0 Å². The number of phenolic OH excluding ortho intramolecular Hbond substituents is 1. The lowest BCUT2D eigenvalue weighted by Gasteiger charge is -2.30. The van der Waals surface area contributed by atoms with Gasteiger partial charge in [0.2, 0.25) is 0 Å². The molecule has 0 spiro atoms. The van der Waals surface area contributed by atoms with Gasteiger partial charge in [-0.25, -0.2) is 4.79 Å². The highest BCUT2D eigenvalue weighted by Crippen LogP contribution is 2.28. The lowest BCUT2D eigenvalue weighted by molar-refractivity contribution is -0.136. The molecule has 0 saturated heterocycles. The monoisotopic (exact) mass is 525 g/mol. The van der Waals surface area contributed by atoms with E-state index in [1.165, 1.54) is 17.8 Å². The van der Waals surface area contributed by atoms with Crippen LogP contribution in [0, 0.1) is 26.3 Å². The maximum atomic E-state index is 13.7. The van der Waals surface area contributed by atoms with Crippen LogP contribution in [0.5, 0.6) is 5.75 Å². The number of nitrogens with one attached hydrogen (secondary N) is 2. The lowest BCUT2D eigenvalue weighted by Crippen LogP contribution is -2.51. The highest BCUT2D eigenvalue weighted by Gasteiger charge is 2.36. The summed E-state index contributed by atoms with van der Waals surface area (Å²) in [5.41, 5.74) is 1.57. The van der Waals surface area contributed by atoms with Crippen LogP contribution in [-0.2, 0) is 14.3 Å². The Balaban J connectivity index is 2.49. The van der Waals surface area contributed by atoms with Crippen molar-refractivity contribution >= 4 is 35.4 Å². The van der Waals surface area contributed by atoms with E-state index in [2.05, 4.69) is 16.7 Å². The first-order valence-corrected chi connectivity index (χ1v) is 13.2. The average molecular weight is 526 g/mol. The summed E-state index contributed by atoms with van der Waals surface area (Å²) in [5, 5.41) is 15.5. The predicted octanol–water partition coefficient (Wildman–Crippen LogP) is 4.75. The Labute approximate surface area is 223 Å². The molecule has 198 valence electrons. The highest BCUT2D eigenvalue weighted by molar-refractivity contribution is 7.98. The molecule has 0 aliphatic heterocycles. The van der Waals surface area contributed by atoms with Crippen molar-refractivity contribution in [3.05, 3.63) is 59.2 Å². The number of para-hydroxylation sites is 1. The van der Waals surface area contributed by atoms with E-state index in [0.717, 1.165) is 10.5 Å². The molecule has 2 rings (SSSR count). The number of carbonyl (C=O) groups is 3. The first-order valence-electron chi connectivity index (χ1n) is 11.8. The molecule has 0 bridgehead atoms. The summed E-state index contributed by atoms with van der Waals surface area (Å²) in [6, 6.07) is 11.9. The van der Waals surface area contributed by atoms with Gasteiger partial charge in [-0.1, -0.05) is 30.7 Å². The van der Waals surface area contributed by atoms with E-state index in [1.807, 2.05) is 25.3 Å². The number of terminal acetylenes is 1. The molecule has 0 fully saturated rings. The van der Waals surface area contributed by atoms with Gasteiger partial charge in [-0.05, 0) is 87.9 Å². The predicted molar refractivity (Wildman–Crippen MR) is 147 cm³/mol. The van der Waals surface area contributed by atoms with E-state index in [0.29, 0.717) is 22.6 Å². The Morgan fingerprint density at radius 1 is 1.14 bits per heavy atom. The molecule has 3 amide bonds. The molecule has 2 atom stereocenters. The second-order valence-electron chi connectivity index (χ2n) is 9.57. The van der Waals surface area contributed by atoms with Crippen molar-refractivity contribution in [1.82, 2.24) is 10.2 Å². The third-order valence-corrected chi connectivity index (χ3v) is 6.07. The van der Waals surface area contributed by atoms with Crippen LogP contribution in [0.1, 0.15) is 49.9 Å². The fraction of sp³-hybridized carbons (Fsp3) is 0.393. The largest absolute Gasteiger partial charge is 0.508 e. The van der Waals surface area contributed by atoms with Crippen LogP contribution in [0.4, 0.5) is 10.5 Å². The first kappa shape index (κ1) is 29.6. The van der Waals surface area contributed by atoms with Gasteiger partial charge in [0.05, 0.1) is 0 Å². The Hall–Kier alpha value is -3.64. The number of aryl methyl sites for hydroxylation is 2. The molecule has 37 heavy (non-hydrogen) atoms. The van der Waals surface area contributed by atoms with Crippen molar-refractivity contribution in [2.75, 3.05) is 17.3 Å². The standard InChI is InChI=1S/C28H35N3O5S/c1-8-31(26(34)22(15-16-37-7)30-27(35)36-28(4,5)6)24(20-13-14-23(32)19(3)17-20)25(33)29-21-12-10-9-11-18(21)2/h1,9-14,17,22,24,32H,15-16H2,2-7H3,(H,29,33)(H,30,35). The molecule has 2 unspecified atom stereocenters. The highest BCUT2D eigenvalue weighted by atomic mass is 32.2. The quantitative estimate of drug-likeness (QED) is 0.322. The molecular weight excluding hydrogens is 490 g/mol. The Morgan fingerprint density at radius 3 is 2.38 bits per heavy atom. The number of hydrogen-bond donors (Lipinski definition) is 3. The smallest absolute Gasteiger partial charge is 0.408 e. The average Bonchev–Trinajstić information content (AvgIpc) is 2.81. The minimum atomic E-state index is -1.23. The van der Waals surface area contributed by atoms with Crippen LogP contribution in [0.3, 0.4) is 0 Å². The summed E-state index contributed by atoms with van der Waals surface area (Å²) < 4.78 is 5.34. The molecule has 3 N–H and O–H groups in total. The molecule has 0 aliphatic rings. The van der Waals surface area contributed by atoms with Crippen LogP contribution in [0.25, 0.3) is 0 Å². The van der Waals surface area contributed by atoms with Gasteiger partial charge in [-0.15, -0.1) is 0 Å². The Kier molecular flexibility index (Phi) is 10.4. The lowest BCUT2D eigenvalue weighted by atomic mass is 10.00. The van der Waals surface area contributed by atoms with Crippen LogP contribution in [0.15, 0.2) is 42.5 Å². The zero-order chi connectivity index (χ0) is 27.8. The zero-order valence-corrected chi connectivity index (χ0v) is 22.9. The molecule has 0 radical (unpaired) electrons. The van der Waals surface area contributed by atoms with Crippen molar-refractivity contribution in [2.45, 2.75) is 58.7 Å². The number of amides is 3. The van der Waals surface area contributed by atoms with Crippen LogP contribution < -0.4 is 10.6 Å². The van der Waals surface area contributed by atoms with E-state index in [9.17, 15) is 19.5 Å². The first-order chi connectivity index (χ1) is 17.4. The van der Waals surface area contributed by atoms with Gasteiger partial charge in [0, 0.05) is 11.7 Å². The van der Waals surface area contributed by atoms with Gasteiger partial charge in [0.25, 0.3) is 11.8 Å². The van der Waals surface area contributed by atoms with Crippen molar-refractivity contribution in [3.8, 4) is 18.2 Å². The molecular formula is C28H35N3O5S. The fourth-order valence-electron chi connectivity index (χ4n) is 3.56. The summed E-state index contributed by atoms with van der Waals surface area (Å²) in [4.78, 5) is 40.9. The van der Waals surface area contributed by atoms with Gasteiger partial charge in [0.1, 0.15) is 23.4 Å². The molecule has 0 aromatic heterocycles. The second kappa shape index (κ2) is 13.1. The summed E-state index contributed by atoms with van der Waals surface area (Å²) in [5.74, 6) is -0.558. The normalized spacial score (nSPS) is 12.6. The Morgan fingerprint density at radius 2 is 1.81 bits per heavy atom. The molecule has 2 aromatic carbocycles. The fourth-order valence-corrected chi connectivity index (χ4v) is 4.03. The number of aromatic hydroxyl groups is 1. The van der Waals surface area contributed by atoms with Gasteiger partial charge in [-0.3, -0.25) is 14.5 Å². The summed E-state index contributed by atoms with van der Waals surface area (Å²) in [6.07, 6.45) is 7.21.